The molecule has 3 heteroatoms. The summed E-state index contributed by atoms with van der Waals surface area (Å²) in [7, 11) is 1.49. The Balaban J connectivity index is 2.71. The van der Waals surface area contributed by atoms with Crippen LogP contribution >= 0.6 is 0 Å². The maximum atomic E-state index is 13.4. The van der Waals surface area contributed by atoms with E-state index in [0.29, 0.717) is 11.7 Å². The van der Waals surface area contributed by atoms with Gasteiger partial charge in [-0.15, -0.1) is 0 Å². The lowest BCUT2D eigenvalue weighted by Crippen LogP contribution is -2.34. The van der Waals surface area contributed by atoms with Crippen molar-refractivity contribution in [2.75, 3.05) is 13.7 Å². The highest BCUT2D eigenvalue weighted by Crippen LogP contribution is 2.27. The number of ether oxygens (including phenoxy) is 1. The number of methoxy groups -OCH3 is 1. The van der Waals surface area contributed by atoms with Crippen molar-refractivity contribution >= 4 is 0 Å². The molecule has 0 aliphatic rings. The van der Waals surface area contributed by atoms with Gasteiger partial charge in [-0.3, -0.25) is 0 Å². The summed E-state index contributed by atoms with van der Waals surface area (Å²) in [6.45, 7) is 12.0. The molecule has 0 saturated carbocycles. The molecule has 19 heavy (non-hydrogen) atoms. The molecule has 0 aromatic heterocycles. The standard InChI is InChI=1S/C16H26FNO/c1-11(2)16(4,5)10-18-12(3)13-7-8-14(17)15(9-13)19-6/h7-9,11-12,18H,10H2,1-6H3. The van der Waals surface area contributed by atoms with Crippen LogP contribution in [0.2, 0.25) is 0 Å². The maximum absolute atomic E-state index is 13.4. The lowest BCUT2D eigenvalue weighted by Gasteiger charge is -2.31. The SMILES string of the molecule is COc1cc(C(C)NCC(C)(C)C(C)C)ccc1F. The van der Waals surface area contributed by atoms with Crippen molar-refractivity contribution < 1.29 is 9.13 Å². The average Bonchev–Trinajstić information content (AvgIpc) is 2.36. The van der Waals surface area contributed by atoms with Gasteiger partial charge in [0.25, 0.3) is 0 Å². The van der Waals surface area contributed by atoms with Crippen molar-refractivity contribution in [3.05, 3.63) is 29.6 Å². The summed E-state index contributed by atoms with van der Waals surface area (Å²) in [6, 6.07) is 5.19. The van der Waals surface area contributed by atoms with E-state index < -0.39 is 0 Å². The summed E-state index contributed by atoms with van der Waals surface area (Å²) >= 11 is 0. The summed E-state index contributed by atoms with van der Waals surface area (Å²) in [5, 5.41) is 3.51. The van der Waals surface area contributed by atoms with Crippen LogP contribution in [0.1, 0.15) is 46.2 Å². The molecule has 0 saturated heterocycles. The number of rotatable bonds is 6. The zero-order valence-electron chi connectivity index (χ0n) is 12.9. The van der Waals surface area contributed by atoms with E-state index in [-0.39, 0.29) is 17.3 Å². The second-order valence-electron chi connectivity index (χ2n) is 6.14. The van der Waals surface area contributed by atoms with E-state index in [1.165, 1.54) is 13.2 Å². The first-order valence-corrected chi connectivity index (χ1v) is 6.84. The first-order valence-electron chi connectivity index (χ1n) is 6.84. The van der Waals surface area contributed by atoms with Gasteiger partial charge < -0.3 is 10.1 Å². The van der Waals surface area contributed by atoms with E-state index in [1.807, 2.05) is 0 Å². The normalized spacial score (nSPS) is 13.7. The van der Waals surface area contributed by atoms with Crippen molar-refractivity contribution in [2.45, 2.75) is 40.7 Å². The van der Waals surface area contributed by atoms with Crippen LogP contribution in [0.25, 0.3) is 0 Å². The molecule has 0 aliphatic heterocycles. The van der Waals surface area contributed by atoms with Crippen LogP contribution in [-0.4, -0.2) is 13.7 Å². The average molecular weight is 267 g/mol. The first kappa shape index (κ1) is 16.0. The molecule has 1 N–H and O–H groups in total. The molecule has 1 rings (SSSR count). The second-order valence-corrected chi connectivity index (χ2v) is 6.14. The molecule has 0 spiro atoms. The van der Waals surface area contributed by atoms with Gasteiger partial charge in [-0.05, 0) is 36.0 Å². The summed E-state index contributed by atoms with van der Waals surface area (Å²) in [5.41, 5.74) is 1.27. The Morgan fingerprint density at radius 1 is 1.26 bits per heavy atom. The lowest BCUT2D eigenvalue weighted by atomic mass is 9.81. The Kier molecular flexibility index (Phi) is 5.36. The van der Waals surface area contributed by atoms with E-state index in [1.54, 1.807) is 12.1 Å². The molecule has 1 unspecified atom stereocenters. The third-order valence-corrected chi connectivity index (χ3v) is 4.10. The van der Waals surface area contributed by atoms with E-state index in [4.69, 9.17) is 4.74 Å². The van der Waals surface area contributed by atoms with E-state index in [2.05, 4.69) is 39.9 Å². The first-order chi connectivity index (χ1) is 8.77. The Morgan fingerprint density at radius 3 is 2.42 bits per heavy atom. The Labute approximate surface area is 116 Å². The van der Waals surface area contributed by atoms with Crippen molar-refractivity contribution in [3.63, 3.8) is 0 Å². The van der Waals surface area contributed by atoms with Gasteiger partial charge in [-0.25, -0.2) is 4.39 Å². The van der Waals surface area contributed by atoms with Gasteiger partial charge in [0.15, 0.2) is 11.6 Å². The minimum absolute atomic E-state index is 0.174. The van der Waals surface area contributed by atoms with Crippen molar-refractivity contribution in [3.8, 4) is 5.75 Å². The van der Waals surface area contributed by atoms with Crippen molar-refractivity contribution in [1.82, 2.24) is 5.32 Å². The van der Waals surface area contributed by atoms with Crippen LogP contribution < -0.4 is 10.1 Å². The van der Waals surface area contributed by atoms with E-state index in [0.717, 1.165) is 12.1 Å². The Morgan fingerprint density at radius 2 is 1.89 bits per heavy atom. The molecule has 108 valence electrons. The predicted molar refractivity (Wildman–Crippen MR) is 78.0 cm³/mol. The summed E-state index contributed by atoms with van der Waals surface area (Å²) < 4.78 is 18.4. The molecule has 2 nitrogen and oxygen atoms in total. The minimum atomic E-state index is -0.319. The fourth-order valence-corrected chi connectivity index (χ4v) is 1.68. The minimum Gasteiger partial charge on any atom is -0.494 e. The molecule has 0 fully saturated rings. The fourth-order valence-electron chi connectivity index (χ4n) is 1.68. The molecule has 0 aliphatic carbocycles. The molecule has 1 atom stereocenters. The highest BCUT2D eigenvalue weighted by molar-refractivity contribution is 5.31. The van der Waals surface area contributed by atoms with Crippen LogP contribution in [0.15, 0.2) is 18.2 Å². The second kappa shape index (κ2) is 6.38. The molecular formula is C16H26FNO. The molecule has 0 heterocycles. The van der Waals surface area contributed by atoms with Crippen LogP contribution in [0.5, 0.6) is 5.75 Å². The third kappa shape index (κ3) is 4.20. The molecular weight excluding hydrogens is 241 g/mol. The maximum Gasteiger partial charge on any atom is 0.165 e. The van der Waals surface area contributed by atoms with Crippen LogP contribution in [0, 0.1) is 17.2 Å². The van der Waals surface area contributed by atoms with E-state index >= 15 is 0 Å². The van der Waals surface area contributed by atoms with Gasteiger partial charge in [0, 0.05) is 12.6 Å². The van der Waals surface area contributed by atoms with Gasteiger partial charge in [0.2, 0.25) is 0 Å². The molecule has 0 radical (unpaired) electrons. The van der Waals surface area contributed by atoms with Crippen LogP contribution in [-0.2, 0) is 0 Å². The summed E-state index contributed by atoms with van der Waals surface area (Å²) in [5.74, 6) is 0.588. The molecule has 0 amide bonds. The Hall–Kier alpha value is -1.09. The fraction of sp³-hybridized carbons (Fsp3) is 0.625. The summed E-state index contributed by atoms with van der Waals surface area (Å²) in [4.78, 5) is 0. The zero-order chi connectivity index (χ0) is 14.6. The van der Waals surface area contributed by atoms with Crippen LogP contribution in [0.3, 0.4) is 0 Å². The van der Waals surface area contributed by atoms with Crippen LogP contribution in [0.4, 0.5) is 4.39 Å². The van der Waals surface area contributed by atoms with Crippen molar-refractivity contribution in [1.29, 1.82) is 0 Å². The highest BCUT2D eigenvalue weighted by atomic mass is 19.1. The van der Waals surface area contributed by atoms with Gasteiger partial charge in [0.1, 0.15) is 0 Å². The smallest absolute Gasteiger partial charge is 0.165 e. The molecule has 0 bridgehead atoms. The topological polar surface area (TPSA) is 21.3 Å². The largest absolute Gasteiger partial charge is 0.494 e. The van der Waals surface area contributed by atoms with Gasteiger partial charge in [0.05, 0.1) is 7.11 Å². The number of halogens is 1. The molecule has 1 aromatic carbocycles. The predicted octanol–water partition coefficient (Wildman–Crippen LogP) is 4.17. The van der Waals surface area contributed by atoms with E-state index in [9.17, 15) is 4.39 Å². The third-order valence-electron chi connectivity index (χ3n) is 4.10. The monoisotopic (exact) mass is 267 g/mol. The molecule has 1 aromatic rings. The highest BCUT2D eigenvalue weighted by Gasteiger charge is 2.23. The zero-order valence-corrected chi connectivity index (χ0v) is 12.9. The Bertz CT molecular complexity index is 415. The number of nitrogens with one attached hydrogen (secondary N) is 1. The van der Waals surface area contributed by atoms with Crippen molar-refractivity contribution in [2.24, 2.45) is 11.3 Å². The number of hydrogen-bond acceptors (Lipinski definition) is 2. The number of benzene rings is 1. The van der Waals surface area contributed by atoms with Gasteiger partial charge >= 0.3 is 0 Å². The lowest BCUT2D eigenvalue weighted by molar-refractivity contribution is 0.230. The van der Waals surface area contributed by atoms with Gasteiger partial charge in [-0.2, -0.15) is 0 Å². The van der Waals surface area contributed by atoms with Gasteiger partial charge in [-0.1, -0.05) is 33.8 Å². The quantitative estimate of drug-likeness (QED) is 0.835. The number of hydrogen-bond donors (Lipinski definition) is 1. The summed E-state index contributed by atoms with van der Waals surface area (Å²) in [6.07, 6.45) is 0.